The first-order valence-corrected chi connectivity index (χ1v) is 9.90. The Morgan fingerprint density at radius 1 is 1.03 bits per heavy atom. The summed E-state index contributed by atoms with van der Waals surface area (Å²) in [5.41, 5.74) is 0.545. The van der Waals surface area contributed by atoms with E-state index in [1.165, 1.54) is 35.4 Å². The minimum atomic E-state index is -1.00. The van der Waals surface area contributed by atoms with Crippen molar-refractivity contribution in [2.45, 2.75) is 6.04 Å². The number of ketones is 1. The van der Waals surface area contributed by atoms with E-state index in [-0.39, 0.29) is 22.8 Å². The van der Waals surface area contributed by atoms with Crippen LogP contribution in [0.4, 0.5) is 11.5 Å². The minimum absolute atomic E-state index is 0.116. The highest BCUT2D eigenvalue weighted by Crippen LogP contribution is 2.41. The molecule has 0 aliphatic carbocycles. The van der Waals surface area contributed by atoms with Crippen molar-refractivity contribution in [3.8, 4) is 0 Å². The summed E-state index contributed by atoms with van der Waals surface area (Å²) in [4.78, 5) is 41.8. The number of nitro groups is 1. The largest absolute Gasteiger partial charge is 0.507 e. The highest BCUT2D eigenvalue weighted by atomic mass is 79.9. The quantitative estimate of drug-likeness (QED) is 0.195. The van der Waals surface area contributed by atoms with Crippen molar-refractivity contribution in [1.82, 2.24) is 4.98 Å². The van der Waals surface area contributed by atoms with Crippen LogP contribution in [0.5, 0.6) is 0 Å². The number of aliphatic hydroxyl groups is 1. The van der Waals surface area contributed by atoms with Crippen LogP contribution < -0.4 is 4.90 Å². The Bertz CT molecular complexity index is 1210. The number of pyridine rings is 1. The number of aromatic nitrogens is 1. The van der Waals surface area contributed by atoms with Gasteiger partial charge in [-0.15, -0.1) is 0 Å². The van der Waals surface area contributed by atoms with Crippen molar-refractivity contribution < 1.29 is 19.6 Å². The maximum absolute atomic E-state index is 13.0. The zero-order valence-electron chi connectivity index (χ0n) is 15.8. The third kappa shape index (κ3) is 3.71. The predicted molar refractivity (Wildman–Crippen MR) is 116 cm³/mol. The molecule has 2 aromatic carbocycles. The fourth-order valence-electron chi connectivity index (χ4n) is 3.42. The predicted octanol–water partition coefficient (Wildman–Crippen LogP) is 4.38. The number of carbonyl (C=O) groups excluding carboxylic acids is 2. The van der Waals surface area contributed by atoms with E-state index in [9.17, 15) is 24.8 Å². The number of aliphatic hydroxyl groups excluding tert-OH is 1. The Balaban J connectivity index is 1.93. The molecule has 1 aliphatic heterocycles. The fourth-order valence-corrected chi connectivity index (χ4v) is 3.66. The molecule has 1 amide bonds. The van der Waals surface area contributed by atoms with Crippen molar-refractivity contribution in [3.63, 3.8) is 0 Å². The molecule has 1 unspecified atom stereocenters. The minimum Gasteiger partial charge on any atom is -0.507 e. The maximum Gasteiger partial charge on any atom is 0.301 e. The summed E-state index contributed by atoms with van der Waals surface area (Å²) in [7, 11) is 0. The zero-order valence-corrected chi connectivity index (χ0v) is 17.4. The van der Waals surface area contributed by atoms with Gasteiger partial charge in [0.05, 0.1) is 16.5 Å². The molecule has 9 heteroatoms. The fraction of sp³-hybridized carbons (Fsp3) is 0.0455. The molecule has 0 bridgehead atoms. The third-order valence-electron chi connectivity index (χ3n) is 4.87. The number of carbonyl (C=O) groups is 2. The van der Waals surface area contributed by atoms with Crippen LogP contribution in [0, 0.1) is 10.1 Å². The van der Waals surface area contributed by atoms with Crippen LogP contribution in [0.15, 0.2) is 83.0 Å². The van der Waals surface area contributed by atoms with Crippen molar-refractivity contribution in [1.29, 1.82) is 0 Å². The van der Waals surface area contributed by atoms with E-state index < -0.39 is 22.7 Å². The molecular weight excluding hydrogens is 466 g/mol. The lowest BCUT2D eigenvalue weighted by Crippen LogP contribution is -2.30. The summed E-state index contributed by atoms with van der Waals surface area (Å²) in [6.07, 6.45) is 1.48. The number of nitrogens with zero attached hydrogens (tertiary/aromatic N) is 3. The van der Waals surface area contributed by atoms with Gasteiger partial charge in [0, 0.05) is 28.4 Å². The summed E-state index contributed by atoms with van der Waals surface area (Å²) >= 11 is 3.28. The van der Waals surface area contributed by atoms with Gasteiger partial charge in [0.25, 0.3) is 11.5 Å². The van der Waals surface area contributed by atoms with E-state index in [0.717, 1.165) is 0 Å². The van der Waals surface area contributed by atoms with E-state index >= 15 is 0 Å². The molecule has 1 N–H and O–H groups in total. The van der Waals surface area contributed by atoms with Gasteiger partial charge in [-0.1, -0.05) is 30.3 Å². The molecule has 1 aromatic heterocycles. The molecular formula is C22H14BrN3O5. The van der Waals surface area contributed by atoms with Gasteiger partial charge in [-0.2, -0.15) is 0 Å². The van der Waals surface area contributed by atoms with E-state index in [2.05, 4.69) is 20.9 Å². The third-order valence-corrected chi connectivity index (χ3v) is 5.34. The molecule has 1 fully saturated rings. The number of hydrogen-bond acceptors (Lipinski definition) is 6. The average molecular weight is 480 g/mol. The molecule has 3 aromatic rings. The normalized spacial score (nSPS) is 17.7. The van der Waals surface area contributed by atoms with Crippen LogP contribution >= 0.6 is 15.9 Å². The average Bonchev–Trinajstić information content (AvgIpc) is 3.05. The van der Waals surface area contributed by atoms with E-state index in [0.29, 0.717) is 15.6 Å². The molecule has 0 saturated carbocycles. The summed E-state index contributed by atoms with van der Waals surface area (Å²) in [5, 5.41) is 22.0. The van der Waals surface area contributed by atoms with Gasteiger partial charge >= 0.3 is 5.91 Å². The first-order valence-electron chi connectivity index (χ1n) is 9.11. The second-order valence-corrected chi connectivity index (χ2v) is 7.63. The van der Waals surface area contributed by atoms with Gasteiger partial charge in [0.15, 0.2) is 0 Å². The number of benzene rings is 2. The van der Waals surface area contributed by atoms with Crippen molar-refractivity contribution in [3.05, 3.63) is 104 Å². The molecule has 154 valence electrons. The number of amides is 1. The topological polar surface area (TPSA) is 114 Å². The van der Waals surface area contributed by atoms with Crippen LogP contribution in [-0.2, 0) is 9.59 Å². The van der Waals surface area contributed by atoms with Gasteiger partial charge in [0.2, 0.25) is 0 Å². The van der Waals surface area contributed by atoms with Crippen LogP contribution in [0.1, 0.15) is 17.2 Å². The summed E-state index contributed by atoms with van der Waals surface area (Å²) < 4.78 is 0.684. The second kappa shape index (κ2) is 8.11. The van der Waals surface area contributed by atoms with Gasteiger partial charge in [-0.25, -0.2) is 4.98 Å². The molecule has 1 aliphatic rings. The van der Waals surface area contributed by atoms with Crippen LogP contribution in [0.3, 0.4) is 0 Å². The lowest BCUT2D eigenvalue weighted by atomic mass is 9.95. The van der Waals surface area contributed by atoms with E-state index in [4.69, 9.17) is 0 Å². The molecule has 8 nitrogen and oxygen atoms in total. The maximum atomic E-state index is 13.0. The molecule has 31 heavy (non-hydrogen) atoms. The Kier molecular flexibility index (Phi) is 5.35. The molecule has 0 radical (unpaired) electrons. The Labute approximate surface area is 184 Å². The van der Waals surface area contributed by atoms with Crippen molar-refractivity contribution in [2.75, 3.05) is 4.90 Å². The van der Waals surface area contributed by atoms with Crippen molar-refractivity contribution in [2.24, 2.45) is 0 Å². The zero-order chi connectivity index (χ0) is 22.1. The molecule has 4 rings (SSSR count). The number of halogens is 1. The first kappa shape index (κ1) is 20.4. The summed E-state index contributed by atoms with van der Waals surface area (Å²) in [6.45, 7) is 0. The number of Topliss-reactive ketones (excluding diaryl/α,β-unsaturated/α-hetero) is 1. The number of nitro benzene ring substituents is 1. The lowest BCUT2D eigenvalue weighted by molar-refractivity contribution is -0.384. The first-order chi connectivity index (χ1) is 14.9. The molecule has 1 saturated heterocycles. The number of non-ortho nitro benzene ring substituents is 1. The van der Waals surface area contributed by atoms with Gasteiger partial charge in [0.1, 0.15) is 11.6 Å². The Hall–Kier alpha value is -3.85. The van der Waals surface area contributed by atoms with Crippen molar-refractivity contribution >= 4 is 44.9 Å². The van der Waals surface area contributed by atoms with Gasteiger partial charge < -0.3 is 5.11 Å². The van der Waals surface area contributed by atoms with E-state index in [1.807, 2.05) is 0 Å². The number of hydrogen-bond donors (Lipinski definition) is 1. The standard InChI is InChI=1S/C22H14BrN3O5/c23-15-8-11-17(24-12-15)25-19(13-6-9-16(10-7-13)26(30)31)18(21(28)22(25)29)20(27)14-4-2-1-3-5-14/h1-12,19,27H/b20-18+. The smallest absolute Gasteiger partial charge is 0.301 e. The van der Waals surface area contributed by atoms with Crippen LogP contribution in [0.25, 0.3) is 5.76 Å². The van der Waals surface area contributed by atoms with Crippen LogP contribution in [0.2, 0.25) is 0 Å². The number of rotatable bonds is 4. The second-order valence-electron chi connectivity index (χ2n) is 6.72. The van der Waals surface area contributed by atoms with E-state index in [1.54, 1.807) is 42.5 Å². The summed E-state index contributed by atoms with van der Waals surface area (Å²) in [5.74, 6) is -1.84. The van der Waals surface area contributed by atoms with Gasteiger partial charge in [-0.3, -0.25) is 24.6 Å². The Morgan fingerprint density at radius 2 is 1.71 bits per heavy atom. The SMILES string of the molecule is O=C1C(=O)N(c2ccc(Br)cn2)C(c2ccc([N+](=O)[O-])cc2)/C1=C(\O)c1ccccc1. The van der Waals surface area contributed by atoms with Crippen LogP contribution in [-0.4, -0.2) is 26.7 Å². The van der Waals surface area contributed by atoms with Gasteiger partial charge in [-0.05, 0) is 45.8 Å². The highest BCUT2D eigenvalue weighted by Gasteiger charge is 2.47. The summed E-state index contributed by atoms with van der Waals surface area (Å²) in [6, 6.07) is 16.1. The molecule has 0 spiro atoms. The number of anilines is 1. The molecule has 1 atom stereocenters. The highest BCUT2D eigenvalue weighted by molar-refractivity contribution is 9.10. The Morgan fingerprint density at radius 3 is 2.29 bits per heavy atom. The monoisotopic (exact) mass is 479 g/mol. The molecule has 2 heterocycles. The lowest BCUT2D eigenvalue weighted by Gasteiger charge is -2.24.